The first-order valence-corrected chi connectivity index (χ1v) is 6.19. The molecular formula is C13H16ClF2NO. The molecule has 1 rings (SSSR count). The molecule has 1 aromatic rings. The zero-order chi connectivity index (χ0) is 13.8. The van der Waals surface area contributed by atoms with Crippen molar-refractivity contribution in [1.82, 2.24) is 5.32 Å². The molecule has 0 saturated heterocycles. The summed E-state index contributed by atoms with van der Waals surface area (Å²) in [5.41, 5.74) is -0.460. The van der Waals surface area contributed by atoms with Crippen LogP contribution in [0.25, 0.3) is 0 Å². The SMILES string of the molecule is CC(C)(CCCl)CNC(=O)c1cccc(F)c1F. The lowest BCUT2D eigenvalue weighted by atomic mass is 9.90. The molecule has 0 saturated carbocycles. The third kappa shape index (κ3) is 3.95. The summed E-state index contributed by atoms with van der Waals surface area (Å²) in [6.45, 7) is 4.24. The van der Waals surface area contributed by atoms with E-state index in [1.165, 1.54) is 12.1 Å². The molecule has 0 aliphatic carbocycles. The van der Waals surface area contributed by atoms with Crippen LogP contribution in [-0.2, 0) is 0 Å². The molecule has 0 aromatic heterocycles. The van der Waals surface area contributed by atoms with Gasteiger partial charge in [0.15, 0.2) is 11.6 Å². The molecule has 0 atom stereocenters. The monoisotopic (exact) mass is 275 g/mol. The Hall–Kier alpha value is -1.16. The predicted octanol–water partition coefficient (Wildman–Crippen LogP) is 3.35. The van der Waals surface area contributed by atoms with Gasteiger partial charge in [0.1, 0.15) is 0 Å². The van der Waals surface area contributed by atoms with Gasteiger partial charge in [-0.2, -0.15) is 0 Å². The number of halogens is 3. The smallest absolute Gasteiger partial charge is 0.254 e. The maximum atomic E-state index is 13.4. The van der Waals surface area contributed by atoms with Gasteiger partial charge >= 0.3 is 0 Å². The second kappa shape index (κ2) is 6.14. The van der Waals surface area contributed by atoms with E-state index in [0.29, 0.717) is 12.4 Å². The highest BCUT2D eigenvalue weighted by molar-refractivity contribution is 6.17. The van der Waals surface area contributed by atoms with Gasteiger partial charge in [-0.15, -0.1) is 11.6 Å². The van der Waals surface area contributed by atoms with Crippen LogP contribution >= 0.6 is 11.6 Å². The van der Waals surface area contributed by atoms with Gasteiger partial charge in [-0.3, -0.25) is 4.79 Å². The van der Waals surface area contributed by atoms with Crippen LogP contribution in [0, 0.1) is 17.0 Å². The van der Waals surface area contributed by atoms with Crippen LogP contribution in [0.3, 0.4) is 0 Å². The quantitative estimate of drug-likeness (QED) is 0.821. The second-order valence-corrected chi connectivity index (χ2v) is 5.27. The van der Waals surface area contributed by atoms with E-state index in [4.69, 9.17) is 11.6 Å². The third-order valence-corrected chi connectivity index (χ3v) is 2.88. The minimum atomic E-state index is -1.12. The number of hydrogen-bond donors (Lipinski definition) is 1. The molecule has 2 nitrogen and oxygen atoms in total. The number of benzene rings is 1. The first-order valence-electron chi connectivity index (χ1n) is 5.65. The fraction of sp³-hybridized carbons (Fsp3) is 0.462. The lowest BCUT2D eigenvalue weighted by Crippen LogP contribution is -2.34. The van der Waals surface area contributed by atoms with Crippen molar-refractivity contribution in [2.24, 2.45) is 5.41 Å². The molecule has 100 valence electrons. The molecule has 1 amide bonds. The molecule has 1 aromatic carbocycles. The predicted molar refractivity (Wildman–Crippen MR) is 67.8 cm³/mol. The summed E-state index contributed by atoms with van der Waals surface area (Å²) in [4.78, 5) is 11.7. The van der Waals surface area contributed by atoms with E-state index in [1.807, 2.05) is 13.8 Å². The molecule has 1 N–H and O–H groups in total. The first-order chi connectivity index (χ1) is 8.37. The highest BCUT2D eigenvalue weighted by Gasteiger charge is 2.20. The van der Waals surface area contributed by atoms with E-state index >= 15 is 0 Å². The molecule has 18 heavy (non-hydrogen) atoms. The Morgan fingerprint density at radius 1 is 1.39 bits per heavy atom. The average Bonchev–Trinajstić information content (AvgIpc) is 2.30. The summed E-state index contributed by atoms with van der Waals surface area (Å²) in [6.07, 6.45) is 0.723. The highest BCUT2D eigenvalue weighted by atomic mass is 35.5. The lowest BCUT2D eigenvalue weighted by molar-refractivity contribution is 0.0930. The molecule has 0 unspecified atom stereocenters. The Morgan fingerprint density at radius 3 is 2.67 bits per heavy atom. The van der Waals surface area contributed by atoms with E-state index in [0.717, 1.165) is 12.5 Å². The lowest BCUT2D eigenvalue weighted by Gasteiger charge is -2.23. The summed E-state index contributed by atoms with van der Waals surface area (Å²) in [6, 6.07) is 3.53. The Bertz CT molecular complexity index is 435. The Labute approximate surface area is 110 Å². The van der Waals surface area contributed by atoms with E-state index < -0.39 is 17.5 Å². The second-order valence-electron chi connectivity index (χ2n) is 4.89. The number of carbonyl (C=O) groups is 1. The van der Waals surface area contributed by atoms with Crippen molar-refractivity contribution in [1.29, 1.82) is 0 Å². The number of rotatable bonds is 5. The van der Waals surface area contributed by atoms with Crippen LogP contribution in [0.2, 0.25) is 0 Å². The summed E-state index contributed by atoms with van der Waals surface area (Å²) in [7, 11) is 0. The van der Waals surface area contributed by atoms with Crippen LogP contribution in [0.5, 0.6) is 0 Å². The van der Waals surface area contributed by atoms with Crippen LogP contribution in [0.15, 0.2) is 18.2 Å². The Morgan fingerprint density at radius 2 is 2.06 bits per heavy atom. The number of alkyl halides is 1. The number of amides is 1. The van der Waals surface area contributed by atoms with Crippen molar-refractivity contribution in [3.63, 3.8) is 0 Å². The normalized spacial score (nSPS) is 11.4. The minimum Gasteiger partial charge on any atom is -0.351 e. The van der Waals surface area contributed by atoms with Crippen molar-refractivity contribution in [2.45, 2.75) is 20.3 Å². The van der Waals surface area contributed by atoms with Crippen molar-refractivity contribution in [3.05, 3.63) is 35.4 Å². The molecule has 0 spiro atoms. The van der Waals surface area contributed by atoms with Crippen molar-refractivity contribution < 1.29 is 13.6 Å². The molecule has 0 bridgehead atoms. The molecule has 0 aliphatic rings. The van der Waals surface area contributed by atoms with Crippen LogP contribution in [-0.4, -0.2) is 18.3 Å². The summed E-state index contributed by atoms with van der Waals surface area (Å²) in [5.74, 6) is -2.28. The Kier molecular flexibility index (Phi) is 5.08. The third-order valence-electron chi connectivity index (χ3n) is 2.69. The van der Waals surface area contributed by atoms with E-state index in [-0.39, 0.29) is 11.0 Å². The van der Waals surface area contributed by atoms with Crippen LogP contribution in [0.1, 0.15) is 30.6 Å². The van der Waals surface area contributed by atoms with Gasteiger partial charge in [-0.25, -0.2) is 8.78 Å². The molecule has 5 heteroatoms. The van der Waals surface area contributed by atoms with Crippen molar-refractivity contribution in [3.8, 4) is 0 Å². The van der Waals surface area contributed by atoms with Gasteiger partial charge in [0.25, 0.3) is 5.91 Å². The van der Waals surface area contributed by atoms with Crippen LogP contribution in [0.4, 0.5) is 8.78 Å². The largest absolute Gasteiger partial charge is 0.351 e. The van der Waals surface area contributed by atoms with Gasteiger partial charge < -0.3 is 5.32 Å². The van der Waals surface area contributed by atoms with Gasteiger partial charge in [-0.05, 0) is 24.0 Å². The number of hydrogen-bond acceptors (Lipinski definition) is 1. The molecule has 0 radical (unpaired) electrons. The summed E-state index contributed by atoms with van der Waals surface area (Å²) >= 11 is 5.64. The van der Waals surface area contributed by atoms with E-state index in [9.17, 15) is 13.6 Å². The standard InChI is InChI=1S/C13H16ClF2NO/c1-13(2,6-7-14)8-17-12(18)9-4-3-5-10(15)11(9)16/h3-5H,6-8H2,1-2H3,(H,17,18). The molecule has 0 aliphatic heterocycles. The Balaban J connectivity index is 2.69. The zero-order valence-electron chi connectivity index (χ0n) is 10.4. The maximum Gasteiger partial charge on any atom is 0.254 e. The molecule has 0 heterocycles. The van der Waals surface area contributed by atoms with Gasteiger partial charge in [0, 0.05) is 12.4 Å². The first kappa shape index (κ1) is 14.9. The zero-order valence-corrected chi connectivity index (χ0v) is 11.2. The van der Waals surface area contributed by atoms with E-state index in [1.54, 1.807) is 0 Å². The molecular weight excluding hydrogens is 260 g/mol. The minimum absolute atomic E-state index is 0.179. The summed E-state index contributed by atoms with van der Waals surface area (Å²) < 4.78 is 26.3. The number of carbonyl (C=O) groups excluding carboxylic acids is 1. The van der Waals surface area contributed by atoms with Crippen molar-refractivity contribution >= 4 is 17.5 Å². The topological polar surface area (TPSA) is 29.1 Å². The fourth-order valence-corrected chi connectivity index (χ4v) is 1.95. The summed E-state index contributed by atoms with van der Waals surface area (Å²) in [5, 5.41) is 2.59. The molecule has 0 fully saturated rings. The number of nitrogens with one attached hydrogen (secondary N) is 1. The van der Waals surface area contributed by atoms with Gasteiger partial charge in [0.05, 0.1) is 5.56 Å². The maximum absolute atomic E-state index is 13.4. The highest BCUT2D eigenvalue weighted by Crippen LogP contribution is 2.20. The van der Waals surface area contributed by atoms with Gasteiger partial charge in [0.2, 0.25) is 0 Å². The van der Waals surface area contributed by atoms with Gasteiger partial charge in [-0.1, -0.05) is 19.9 Å². The van der Waals surface area contributed by atoms with E-state index in [2.05, 4.69) is 5.32 Å². The fourth-order valence-electron chi connectivity index (χ4n) is 1.44. The van der Waals surface area contributed by atoms with Crippen molar-refractivity contribution in [2.75, 3.05) is 12.4 Å². The average molecular weight is 276 g/mol. The van der Waals surface area contributed by atoms with Crippen LogP contribution < -0.4 is 5.32 Å².